The van der Waals surface area contributed by atoms with Crippen LogP contribution in [0.3, 0.4) is 0 Å². The minimum atomic E-state index is -4.66. The number of aromatic nitrogens is 1. The van der Waals surface area contributed by atoms with Crippen LogP contribution in [0.15, 0.2) is 52.3 Å². The molecular formula is C15H11F5N2O2S. The van der Waals surface area contributed by atoms with Gasteiger partial charge in [-0.15, -0.1) is 0 Å². The average molecular weight is 378 g/mol. The third-order valence-corrected chi connectivity index (χ3v) is 3.79. The van der Waals surface area contributed by atoms with Crippen molar-refractivity contribution in [2.24, 2.45) is 0 Å². The van der Waals surface area contributed by atoms with Crippen molar-refractivity contribution in [3.05, 3.63) is 58.5 Å². The molecule has 1 aromatic heterocycles. The van der Waals surface area contributed by atoms with Crippen molar-refractivity contribution in [1.82, 2.24) is 4.57 Å². The Labute approximate surface area is 142 Å². The number of thioether (sulfide) groups is 1. The number of hydrogen-bond acceptors (Lipinski definition) is 3. The standard InChI is InChI=1S/C15H11F5N2O2S/c16-14(17)25-11-4-2-1-3-10(11)21-12(23)8-22-7-9(15(18,19)20)5-6-13(22)24/h1-7,14H,8H2,(H,21,23). The van der Waals surface area contributed by atoms with Crippen LogP contribution in [-0.2, 0) is 17.5 Å². The van der Waals surface area contributed by atoms with Gasteiger partial charge in [0.25, 0.3) is 11.3 Å². The Morgan fingerprint density at radius 1 is 1.16 bits per heavy atom. The van der Waals surface area contributed by atoms with Crippen LogP contribution in [0.5, 0.6) is 0 Å². The van der Waals surface area contributed by atoms with E-state index < -0.39 is 35.5 Å². The van der Waals surface area contributed by atoms with Crippen molar-refractivity contribution in [3.8, 4) is 0 Å². The molecule has 1 N–H and O–H groups in total. The Kier molecular flexibility index (Phi) is 5.83. The molecule has 2 aromatic rings. The molecule has 0 aliphatic rings. The summed E-state index contributed by atoms with van der Waals surface area (Å²) >= 11 is 0.217. The van der Waals surface area contributed by atoms with Gasteiger partial charge in [0.2, 0.25) is 5.91 Å². The molecule has 0 saturated carbocycles. The smallest absolute Gasteiger partial charge is 0.324 e. The highest BCUT2D eigenvalue weighted by Gasteiger charge is 2.31. The van der Waals surface area contributed by atoms with Crippen molar-refractivity contribution >= 4 is 23.4 Å². The van der Waals surface area contributed by atoms with Gasteiger partial charge in [-0.25, -0.2) is 0 Å². The number of pyridine rings is 1. The van der Waals surface area contributed by atoms with Gasteiger partial charge in [0, 0.05) is 17.2 Å². The summed E-state index contributed by atoms with van der Waals surface area (Å²) in [5.41, 5.74) is -1.79. The van der Waals surface area contributed by atoms with E-state index in [2.05, 4.69) is 5.32 Å². The molecule has 0 atom stereocenters. The fraction of sp³-hybridized carbons (Fsp3) is 0.200. The predicted octanol–water partition coefficient (Wildman–Crippen LogP) is 3.82. The molecule has 25 heavy (non-hydrogen) atoms. The van der Waals surface area contributed by atoms with Crippen molar-refractivity contribution in [3.63, 3.8) is 0 Å². The predicted molar refractivity (Wildman–Crippen MR) is 82.6 cm³/mol. The fourth-order valence-corrected chi connectivity index (χ4v) is 2.53. The first-order chi connectivity index (χ1) is 11.7. The van der Waals surface area contributed by atoms with Crippen LogP contribution >= 0.6 is 11.8 Å². The van der Waals surface area contributed by atoms with E-state index >= 15 is 0 Å². The zero-order valence-corrected chi connectivity index (χ0v) is 13.2. The van der Waals surface area contributed by atoms with Crippen LogP contribution < -0.4 is 10.9 Å². The number of carbonyl (C=O) groups is 1. The van der Waals surface area contributed by atoms with Gasteiger partial charge in [-0.3, -0.25) is 9.59 Å². The summed E-state index contributed by atoms with van der Waals surface area (Å²) in [5, 5.41) is 2.32. The van der Waals surface area contributed by atoms with E-state index in [0.717, 1.165) is 0 Å². The molecule has 0 radical (unpaired) electrons. The monoisotopic (exact) mass is 378 g/mol. The quantitative estimate of drug-likeness (QED) is 0.636. The van der Waals surface area contributed by atoms with Crippen molar-refractivity contribution < 1.29 is 26.7 Å². The summed E-state index contributed by atoms with van der Waals surface area (Å²) < 4.78 is 63.6. The zero-order valence-electron chi connectivity index (χ0n) is 12.4. The van der Waals surface area contributed by atoms with Gasteiger partial charge in [0.15, 0.2) is 0 Å². The summed E-state index contributed by atoms with van der Waals surface area (Å²) in [6, 6.07) is 7.06. The van der Waals surface area contributed by atoms with Crippen LogP contribution in [-0.4, -0.2) is 16.2 Å². The molecule has 0 aliphatic carbocycles. The van der Waals surface area contributed by atoms with E-state index in [0.29, 0.717) is 22.9 Å². The lowest BCUT2D eigenvalue weighted by Gasteiger charge is -2.12. The van der Waals surface area contributed by atoms with Crippen LogP contribution in [0.25, 0.3) is 0 Å². The first-order valence-corrected chi connectivity index (χ1v) is 7.66. The molecule has 0 fully saturated rings. The summed E-state index contributed by atoms with van der Waals surface area (Å²) in [7, 11) is 0. The lowest BCUT2D eigenvalue weighted by atomic mass is 10.2. The van der Waals surface area contributed by atoms with E-state index in [1.54, 1.807) is 0 Å². The number of halogens is 5. The van der Waals surface area contributed by atoms with E-state index in [4.69, 9.17) is 0 Å². The van der Waals surface area contributed by atoms with E-state index in [1.807, 2.05) is 0 Å². The number of nitrogens with one attached hydrogen (secondary N) is 1. The van der Waals surface area contributed by atoms with Gasteiger partial charge in [0.05, 0.1) is 11.3 Å². The Morgan fingerprint density at radius 3 is 2.48 bits per heavy atom. The Bertz CT molecular complexity index is 820. The summed E-state index contributed by atoms with van der Waals surface area (Å²) in [6.07, 6.45) is -4.13. The molecule has 134 valence electrons. The number of anilines is 1. The molecule has 1 heterocycles. The number of para-hydroxylation sites is 1. The number of benzene rings is 1. The van der Waals surface area contributed by atoms with Gasteiger partial charge in [0.1, 0.15) is 6.54 Å². The van der Waals surface area contributed by atoms with E-state index in [9.17, 15) is 31.5 Å². The second-order valence-electron chi connectivity index (χ2n) is 4.80. The molecule has 0 aliphatic heterocycles. The minimum Gasteiger partial charge on any atom is -0.324 e. The summed E-state index contributed by atoms with van der Waals surface area (Å²) in [4.78, 5) is 23.7. The second-order valence-corrected chi connectivity index (χ2v) is 5.84. The van der Waals surface area contributed by atoms with Gasteiger partial charge < -0.3 is 9.88 Å². The number of rotatable bonds is 5. The Hall–Kier alpha value is -2.36. The number of carbonyl (C=O) groups excluding carboxylic acids is 1. The second kappa shape index (κ2) is 7.68. The van der Waals surface area contributed by atoms with Crippen molar-refractivity contribution in [2.45, 2.75) is 23.4 Å². The molecule has 2 rings (SSSR count). The SMILES string of the molecule is O=C(Cn1cc(C(F)(F)F)ccc1=O)Nc1ccccc1SC(F)F. The number of hydrogen-bond donors (Lipinski definition) is 1. The van der Waals surface area contributed by atoms with Crippen LogP contribution in [0, 0.1) is 0 Å². The highest BCUT2D eigenvalue weighted by atomic mass is 32.2. The molecule has 0 bridgehead atoms. The highest BCUT2D eigenvalue weighted by molar-refractivity contribution is 7.99. The zero-order chi connectivity index (χ0) is 18.6. The van der Waals surface area contributed by atoms with Crippen LogP contribution in [0.2, 0.25) is 0 Å². The maximum atomic E-state index is 12.7. The first kappa shape index (κ1) is 19.0. The Morgan fingerprint density at radius 2 is 1.84 bits per heavy atom. The van der Waals surface area contributed by atoms with Gasteiger partial charge in [-0.2, -0.15) is 22.0 Å². The minimum absolute atomic E-state index is 0.0813. The molecule has 0 spiro atoms. The largest absolute Gasteiger partial charge is 0.417 e. The van der Waals surface area contributed by atoms with Gasteiger partial charge in [-0.1, -0.05) is 23.9 Å². The van der Waals surface area contributed by atoms with Gasteiger partial charge >= 0.3 is 6.18 Å². The third kappa shape index (κ3) is 5.31. The van der Waals surface area contributed by atoms with Crippen molar-refractivity contribution in [2.75, 3.05) is 5.32 Å². The normalized spacial score (nSPS) is 11.6. The maximum Gasteiger partial charge on any atom is 0.417 e. The average Bonchev–Trinajstić information content (AvgIpc) is 2.50. The highest BCUT2D eigenvalue weighted by Crippen LogP contribution is 2.31. The van der Waals surface area contributed by atoms with E-state index in [-0.39, 0.29) is 22.3 Å². The van der Waals surface area contributed by atoms with Crippen LogP contribution in [0.1, 0.15) is 5.56 Å². The first-order valence-electron chi connectivity index (χ1n) is 6.78. The molecule has 1 amide bonds. The third-order valence-electron chi connectivity index (χ3n) is 3.00. The van der Waals surface area contributed by atoms with Gasteiger partial charge in [-0.05, 0) is 18.2 Å². The molecule has 4 nitrogen and oxygen atoms in total. The number of nitrogens with zero attached hydrogens (tertiary/aromatic N) is 1. The molecule has 0 saturated heterocycles. The molecular weight excluding hydrogens is 367 g/mol. The summed E-state index contributed by atoms with van der Waals surface area (Å²) in [6.45, 7) is -0.684. The van der Waals surface area contributed by atoms with Crippen molar-refractivity contribution in [1.29, 1.82) is 0 Å². The lowest BCUT2D eigenvalue weighted by Crippen LogP contribution is -2.28. The summed E-state index contributed by atoms with van der Waals surface area (Å²) in [5.74, 6) is -3.52. The maximum absolute atomic E-state index is 12.7. The van der Waals surface area contributed by atoms with Crippen LogP contribution in [0.4, 0.5) is 27.6 Å². The number of alkyl halides is 5. The molecule has 0 unspecified atom stereocenters. The fourth-order valence-electron chi connectivity index (χ4n) is 1.94. The lowest BCUT2D eigenvalue weighted by molar-refractivity contribution is -0.138. The Balaban J connectivity index is 2.18. The number of amides is 1. The molecule has 1 aromatic carbocycles. The van der Waals surface area contributed by atoms with E-state index in [1.165, 1.54) is 24.3 Å². The topological polar surface area (TPSA) is 51.1 Å². The molecule has 10 heteroatoms.